The van der Waals surface area contributed by atoms with Gasteiger partial charge in [-0.3, -0.25) is 15.0 Å². The molecule has 0 saturated heterocycles. The smallest absolute Gasteiger partial charge is 0.160 e. The molecule has 3 aromatic heterocycles. The predicted molar refractivity (Wildman–Crippen MR) is 225 cm³/mol. The number of pyridine rings is 2. The van der Waals surface area contributed by atoms with Gasteiger partial charge >= 0.3 is 0 Å². The Kier molecular flexibility index (Phi) is 12.3. The number of aromatic nitrogens is 4. The molecule has 3 heterocycles. The molecule has 1 atom stereocenters. The molecule has 0 fully saturated rings. The van der Waals surface area contributed by atoms with Crippen LogP contribution in [0.5, 0.6) is 0 Å². The van der Waals surface area contributed by atoms with Crippen molar-refractivity contribution >= 4 is 11.3 Å². The average molecular weight is 709 g/mol. The molecule has 54 heavy (non-hydrogen) atoms. The summed E-state index contributed by atoms with van der Waals surface area (Å²) < 4.78 is 0. The molecule has 6 nitrogen and oxygen atoms in total. The van der Waals surface area contributed by atoms with Gasteiger partial charge in [0.1, 0.15) is 0 Å². The predicted octanol–water partition coefficient (Wildman–Crippen LogP) is 11.2. The lowest BCUT2D eigenvalue weighted by atomic mass is 9.77. The van der Waals surface area contributed by atoms with Gasteiger partial charge in [0.25, 0.3) is 0 Å². The SMILES string of the molecule is C=C(\C=C/C(=C\C)C(=C/C(N)c1ccccn1)/N=C(\CC)c1ccccc1)C(C)(C)c1ccc(-c2cc(-c3ccccn3)nc(C3=CCCC=C3)n2)cc1. The van der Waals surface area contributed by atoms with Crippen molar-refractivity contribution in [3.8, 4) is 22.6 Å². The third kappa shape index (κ3) is 9.08. The van der Waals surface area contributed by atoms with Crippen molar-refractivity contribution in [3.05, 3.63) is 198 Å². The van der Waals surface area contributed by atoms with Crippen LogP contribution in [0.2, 0.25) is 0 Å². The first-order chi connectivity index (χ1) is 26.3. The topological polar surface area (TPSA) is 89.9 Å². The monoisotopic (exact) mass is 708 g/mol. The van der Waals surface area contributed by atoms with Gasteiger partial charge in [-0.2, -0.15) is 0 Å². The van der Waals surface area contributed by atoms with E-state index in [2.05, 4.69) is 110 Å². The highest BCUT2D eigenvalue weighted by Crippen LogP contribution is 2.34. The summed E-state index contributed by atoms with van der Waals surface area (Å²) in [6, 6.07) is 32.1. The van der Waals surface area contributed by atoms with E-state index in [0.717, 1.165) is 86.9 Å². The fourth-order valence-corrected chi connectivity index (χ4v) is 6.27. The van der Waals surface area contributed by atoms with E-state index in [9.17, 15) is 0 Å². The van der Waals surface area contributed by atoms with Crippen molar-refractivity contribution in [2.75, 3.05) is 0 Å². The first-order valence-electron chi connectivity index (χ1n) is 18.6. The quantitative estimate of drug-likeness (QED) is 0.0971. The van der Waals surface area contributed by atoms with E-state index in [1.165, 1.54) is 0 Å². The Labute approximate surface area is 320 Å². The van der Waals surface area contributed by atoms with Crippen molar-refractivity contribution in [2.24, 2.45) is 10.7 Å². The molecule has 6 heteroatoms. The second-order valence-electron chi connectivity index (χ2n) is 13.7. The fourth-order valence-electron chi connectivity index (χ4n) is 6.27. The summed E-state index contributed by atoms with van der Waals surface area (Å²) in [7, 11) is 0. The summed E-state index contributed by atoms with van der Waals surface area (Å²) in [6.45, 7) is 13.1. The number of hydrogen-bond acceptors (Lipinski definition) is 6. The first kappa shape index (κ1) is 37.6. The minimum atomic E-state index is -0.429. The molecule has 0 aliphatic heterocycles. The summed E-state index contributed by atoms with van der Waals surface area (Å²) >= 11 is 0. The Morgan fingerprint density at radius 2 is 1.57 bits per heavy atom. The van der Waals surface area contributed by atoms with Crippen LogP contribution in [0.4, 0.5) is 0 Å². The fraction of sp³-hybridized carbons (Fsp3) is 0.188. The van der Waals surface area contributed by atoms with E-state index in [4.69, 9.17) is 20.7 Å². The maximum Gasteiger partial charge on any atom is 0.160 e. The Morgan fingerprint density at radius 3 is 2.22 bits per heavy atom. The molecule has 0 amide bonds. The summed E-state index contributed by atoms with van der Waals surface area (Å²) in [6.07, 6.45) is 21.1. The zero-order valence-electron chi connectivity index (χ0n) is 31.7. The number of allylic oxidation sites excluding steroid dienone is 8. The Hall–Kier alpha value is -6.11. The maximum atomic E-state index is 6.69. The van der Waals surface area contributed by atoms with Crippen LogP contribution in [-0.2, 0) is 5.41 Å². The number of rotatable bonds is 13. The van der Waals surface area contributed by atoms with Crippen molar-refractivity contribution in [2.45, 2.75) is 58.4 Å². The summed E-state index contributed by atoms with van der Waals surface area (Å²) in [5, 5.41) is 0. The van der Waals surface area contributed by atoms with Gasteiger partial charge in [0.2, 0.25) is 0 Å². The van der Waals surface area contributed by atoms with Gasteiger partial charge in [-0.05, 0) is 84.9 Å². The van der Waals surface area contributed by atoms with Crippen LogP contribution in [0.1, 0.15) is 75.6 Å². The number of aliphatic imine (C=N–C) groups is 1. The van der Waals surface area contributed by atoms with E-state index in [-0.39, 0.29) is 5.41 Å². The highest BCUT2D eigenvalue weighted by molar-refractivity contribution is 6.01. The second kappa shape index (κ2) is 17.6. The summed E-state index contributed by atoms with van der Waals surface area (Å²) in [4.78, 5) is 24.2. The first-order valence-corrected chi connectivity index (χ1v) is 18.6. The Morgan fingerprint density at radius 1 is 0.852 bits per heavy atom. The normalized spacial score (nSPS) is 14.6. The van der Waals surface area contributed by atoms with E-state index in [1.807, 2.05) is 73.7 Å². The van der Waals surface area contributed by atoms with Gasteiger partial charge in [0.15, 0.2) is 5.82 Å². The molecule has 2 aromatic carbocycles. The molecule has 6 rings (SSSR count). The van der Waals surface area contributed by atoms with Crippen molar-refractivity contribution in [1.29, 1.82) is 0 Å². The summed E-state index contributed by atoms with van der Waals surface area (Å²) in [5.74, 6) is 0.709. The van der Waals surface area contributed by atoms with Gasteiger partial charge in [0.05, 0.1) is 34.5 Å². The zero-order valence-corrected chi connectivity index (χ0v) is 31.7. The molecular formula is C48H48N6. The van der Waals surface area contributed by atoms with Crippen LogP contribution >= 0.6 is 0 Å². The number of benzene rings is 2. The van der Waals surface area contributed by atoms with E-state index in [0.29, 0.717) is 5.82 Å². The van der Waals surface area contributed by atoms with Crippen LogP contribution in [0.15, 0.2) is 180 Å². The highest BCUT2D eigenvalue weighted by atomic mass is 14.9. The zero-order chi connectivity index (χ0) is 37.9. The molecule has 1 aliphatic carbocycles. The van der Waals surface area contributed by atoms with Crippen LogP contribution in [0.25, 0.3) is 28.2 Å². The molecule has 270 valence electrons. The Bertz CT molecular complexity index is 2240. The highest BCUT2D eigenvalue weighted by Gasteiger charge is 2.23. The molecule has 5 aromatic rings. The van der Waals surface area contributed by atoms with Crippen molar-refractivity contribution in [3.63, 3.8) is 0 Å². The van der Waals surface area contributed by atoms with Gasteiger partial charge in [-0.15, -0.1) is 0 Å². The summed E-state index contributed by atoms with van der Waals surface area (Å²) in [5.41, 5.74) is 17.5. The molecule has 0 bridgehead atoms. The van der Waals surface area contributed by atoms with Gasteiger partial charge in [0, 0.05) is 34.7 Å². The van der Waals surface area contributed by atoms with Crippen molar-refractivity contribution in [1.82, 2.24) is 19.9 Å². The lowest BCUT2D eigenvalue weighted by Crippen LogP contribution is -2.18. The molecule has 1 aliphatic rings. The number of nitrogens with zero attached hydrogens (tertiary/aromatic N) is 5. The Balaban J connectivity index is 1.28. The molecule has 2 N–H and O–H groups in total. The molecule has 0 spiro atoms. The third-order valence-corrected chi connectivity index (χ3v) is 9.75. The van der Waals surface area contributed by atoms with Crippen LogP contribution in [-0.4, -0.2) is 25.6 Å². The largest absolute Gasteiger partial charge is 0.319 e. The van der Waals surface area contributed by atoms with Crippen LogP contribution < -0.4 is 5.73 Å². The minimum Gasteiger partial charge on any atom is -0.319 e. The third-order valence-electron chi connectivity index (χ3n) is 9.75. The van der Waals surface area contributed by atoms with Crippen LogP contribution in [0.3, 0.4) is 0 Å². The molecular weight excluding hydrogens is 661 g/mol. The van der Waals surface area contributed by atoms with E-state index >= 15 is 0 Å². The van der Waals surface area contributed by atoms with Gasteiger partial charge < -0.3 is 5.73 Å². The molecule has 1 unspecified atom stereocenters. The lowest BCUT2D eigenvalue weighted by Gasteiger charge is -2.26. The second-order valence-corrected chi connectivity index (χ2v) is 13.7. The molecule has 0 radical (unpaired) electrons. The maximum absolute atomic E-state index is 6.69. The van der Waals surface area contributed by atoms with Gasteiger partial charge in [-0.1, -0.05) is 131 Å². The van der Waals surface area contributed by atoms with E-state index in [1.54, 1.807) is 12.4 Å². The standard InChI is InChI=1S/C48H48N6/c1-6-35(44(32-40(49)42-22-14-16-30-50-42)52-41(7-2)36-18-10-8-11-19-36)25-24-34(3)48(4,5)39-28-26-37(27-29-39)45-33-46(43-23-15-17-31-51-43)54-47(53-45)38-20-12-9-13-21-38/h6,8,10-12,14-33,40H,3,7,9,13,49H2,1-2,4-5H3/b25-24-,35-6+,44-32-,52-41+. The average Bonchev–Trinajstić information content (AvgIpc) is 3.23. The number of nitrogens with two attached hydrogens (primary N) is 1. The van der Waals surface area contributed by atoms with Crippen LogP contribution in [0, 0.1) is 0 Å². The lowest BCUT2D eigenvalue weighted by molar-refractivity contribution is 0.641. The van der Waals surface area contributed by atoms with Crippen molar-refractivity contribution < 1.29 is 0 Å². The minimum absolute atomic E-state index is 0.363. The molecule has 0 saturated carbocycles. The van der Waals surface area contributed by atoms with Gasteiger partial charge in [-0.25, -0.2) is 9.97 Å². The van der Waals surface area contributed by atoms with E-state index < -0.39 is 6.04 Å². The number of hydrogen-bond donors (Lipinski definition) is 1.